The number of halogens is 2. The molecule has 182 valence electrons. The molecule has 34 heavy (non-hydrogen) atoms. The molecule has 0 saturated carbocycles. The number of benzene rings is 2. The number of carbonyl (C=O) groups excluding carboxylic acids is 1. The molecule has 0 aliphatic carbocycles. The van der Waals surface area contributed by atoms with E-state index in [-0.39, 0.29) is 23.6 Å². The Hall–Kier alpha value is -2.73. The Kier molecular flexibility index (Phi) is 7.67. The Morgan fingerprint density at radius 2 is 1.50 bits per heavy atom. The highest BCUT2D eigenvalue weighted by Gasteiger charge is 2.50. The summed E-state index contributed by atoms with van der Waals surface area (Å²) in [6.07, 6.45) is 5.07. The first kappa shape index (κ1) is 24.4. The number of hydrogen-bond acceptors (Lipinski definition) is 3. The number of amides is 1. The molecule has 6 heteroatoms. The first-order valence-electron chi connectivity index (χ1n) is 12.3. The Balaban J connectivity index is 1.33. The SMILES string of the molecule is C=C1N(CCCC)C(=O)OC12CCN(CCCC(c1ccc(F)cc1)c1ccc(F)cc1)CC2. The molecule has 2 aliphatic rings. The van der Waals surface area contributed by atoms with Crippen LogP contribution in [0.25, 0.3) is 0 Å². The minimum absolute atomic E-state index is 0.0834. The van der Waals surface area contributed by atoms with Gasteiger partial charge in [-0.1, -0.05) is 44.2 Å². The summed E-state index contributed by atoms with van der Waals surface area (Å²) in [5.74, 6) is -0.433. The lowest BCUT2D eigenvalue weighted by Gasteiger charge is -2.38. The van der Waals surface area contributed by atoms with Crippen LogP contribution in [0.1, 0.15) is 62.5 Å². The second-order valence-electron chi connectivity index (χ2n) is 9.45. The molecule has 2 aromatic rings. The van der Waals surface area contributed by atoms with Crippen LogP contribution >= 0.6 is 0 Å². The molecule has 0 unspecified atom stereocenters. The van der Waals surface area contributed by atoms with Gasteiger partial charge >= 0.3 is 6.09 Å². The molecule has 0 aromatic heterocycles. The fraction of sp³-hybridized carbons (Fsp3) is 0.464. The van der Waals surface area contributed by atoms with Gasteiger partial charge in [-0.05, 0) is 61.2 Å². The summed E-state index contributed by atoms with van der Waals surface area (Å²) >= 11 is 0. The minimum atomic E-state index is -0.550. The number of nitrogens with zero attached hydrogens (tertiary/aromatic N) is 2. The lowest BCUT2D eigenvalue weighted by atomic mass is 9.86. The molecule has 0 bridgehead atoms. The maximum absolute atomic E-state index is 13.5. The van der Waals surface area contributed by atoms with Crippen LogP contribution in [-0.2, 0) is 4.74 Å². The highest BCUT2D eigenvalue weighted by molar-refractivity contribution is 5.75. The summed E-state index contributed by atoms with van der Waals surface area (Å²) < 4.78 is 32.8. The monoisotopic (exact) mass is 468 g/mol. The molecule has 2 aromatic carbocycles. The zero-order valence-corrected chi connectivity index (χ0v) is 19.9. The molecule has 0 N–H and O–H groups in total. The summed E-state index contributed by atoms with van der Waals surface area (Å²) in [7, 11) is 0. The fourth-order valence-corrected chi connectivity index (χ4v) is 5.14. The topological polar surface area (TPSA) is 32.8 Å². The van der Waals surface area contributed by atoms with E-state index in [0.29, 0.717) is 6.54 Å². The Morgan fingerprint density at radius 1 is 0.941 bits per heavy atom. The highest BCUT2D eigenvalue weighted by atomic mass is 19.1. The van der Waals surface area contributed by atoms with Crippen LogP contribution in [0.4, 0.5) is 13.6 Å². The number of piperidine rings is 1. The number of carbonyl (C=O) groups is 1. The van der Waals surface area contributed by atoms with Crippen LogP contribution in [0, 0.1) is 11.6 Å². The number of hydrogen-bond donors (Lipinski definition) is 0. The van der Waals surface area contributed by atoms with Crippen LogP contribution in [0.2, 0.25) is 0 Å². The maximum Gasteiger partial charge on any atom is 0.415 e. The van der Waals surface area contributed by atoms with Crippen molar-refractivity contribution < 1.29 is 18.3 Å². The van der Waals surface area contributed by atoms with Gasteiger partial charge in [0.2, 0.25) is 0 Å². The van der Waals surface area contributed by atoms with Crippen LogP contribution in [0.5, 0.6) is 0 Å². The average molecular weight is 469 g/mol. The normalized spacial score (nSPS) is 18.2. The van der Waals surface area contributed by atoms with Crippen molar-refractivity contribution in [2.24, 2.45) is 0 Å². The standard InChI is InChI=1S/C28H34F2N2O2/c1-3-4-18-32-21(2)28(34-27(32)33)15-19-31(20-16-28)17-5-6-26(22-7-11-24(29)12-8-22)23-9-13-25(30)14-10-23/h7-14,26H,2-6,15-20H2,1H3. The largest absolute Gasteiger partial charge is 0.436 e. The summed E-state index contributed by atoms with van der Waals surface area (Å²) in [6.45, 7) is 9.63. The summed E-state index contributed by atoms with van der Waals surface area (Å²) in [5, 5.41) is 0. The molecule has 2 aliphatic heterocycles. The van der Waals surface area contributed by atoms with Crippen molar-refractivity contribution in [3.8, 4) is 0 Å². The smallest absolute Gasteiger partial charge is 0.415 e. The molecule has 0 radical (unpaired) electrons. The molecule has 2 heterocycles. The number of ether oxygens (including phenoxy) is 1. The zero-order valence-electron chi connectivity index (χ0n) is 19.9. The molecule has 4 nitrogen and oxygen atoms in total. The van der Waals surface area contributed by atoms with Gasteiger partial charge in [-0.3, -0.25) is 4.90 Å². The van der Waals surface area contributed by atoms with E-state index in [4.69, 9.17) is 4.74 Å². The average Bonchev–Trinajstić information content (AvgIpc) is 3.07. The third-order valence-corrected chi connectivity index (χ3v) is 7.27. The van der Waals surface area contributed by atoms with Crippen LogP contribution < -0.4 is 0 Å². The Morgan fingerprint density at radius 3 is 2.03 bits per heavy atom. The lowest BCUT2D eigenvalue weighted by Crippen LogP contribution is -2.45. The van der Waals surface area contributed by atoms with Crippen LogP contribution in [-0.4, -0.2) is 47.7 Å². The molecular formula is C28H34F2N2O2. The molecule has 2 saturated heterocycles. The van der Waals surface area contributed by atoms with Crippen molar-refractivity contribution in [2.45, 2.75) is 57.0 Å². The van der Waals surface area contributed by atoms with E-state index in [2.05, 4.69) is 18.4 Å². The van der Waals surface area contributed by atoms with Crippen molar-refractivity contribution in [1.29, 1.82) is 0 Å². The van der Waals surface area contributed by atoms with E-state index < -0.39 is 5.60 Å². The summed E-state index contributed by atoms with van der Waals surface area (Å²) in [6, 6.07) is 13.2. The van der Waals surface area contributed by atoms with Gasteiger partial charge in [-0.15, -0.1) is 0 Å². The maximum atomic E-state index is 13.5. The molecule has 4 rings (SSSR count). The Labute approximate surface area is 201 Å². The second-order valence-corrected chi connectivity index (χ2v) is 9.45. The van der Waals surface area contributed by atoms with Crippen LogP contribution in [0.3, 0.4) is 0 Å². The molecule has 1 amide bonds. The highest BCUT2D eigenvalue weighted by Crippen LogP contribution is 2.41. The zero-order chi connectivity index (χ0) is 24.1. The fourth-order valence-electron chi connectivity index (χ4n) is 5.14. The van der Waals surface area contributed by atoms with Crippen molar-refractivity contribution in [1.82, 2.24) is 9.80 Å². The van der Waals surface area contributed by atoms with Gasteiger partial charge in [0.1, 0.15) is 11.6 Å². The molecule has 1 spiro atoms. The molecule has 2 fully saturated rings. The van der Waals surface area contributed by atoms with Gasteiger partial charge in [0.25, 0.3) is 0 Å². The number of unbranched alkanes of at least 4 members (excludes halogenated alkanes) is 1. The van der Waals surface area contributed by atoms with Gasteiger partial charge in [0.05, 0.1) is 5.70 Å². The lowest BCUT2D eigenvalue weighted by molar-refractivity contribution is 0.0143. The van der Waals surface area contributed by atoms with E-state index in [1.807, 2.05) is 24.3 Å². The van der Waals surface area contributed by atoms with E-state index >= 15 is 0 Å². The van der Waals surface area contributed by atoms with Crippen LogP contribution in [0.15, 0.2) is 60.8 Å². The number of rotatable bonds is 9. The Bertz CT molecular complexity index is 937. The van der Waals surface area contributed by atoms with Gasteiger partial charge in [-0.25, -0.2) is 13.6 Å². The second kappa shape index (κ2) is 10.7. The quantitative estimate of drug-likeness (QED) is 0.422. The number of likely N-dealkylation sites (tertiary alicyclic amines) is 1. The van der Waals surface area contributed by atoms with E-state index in [1.54, 1.807) is 4.90 Å². The third kappa shape index (κ3) is 5.33. The minimum Gasteiger partial charge on any atom is -0.436 e. The van der Waals surface area contributed by atoms with Crippen molar-refractivity contribution in [3.63, 3.8) is 0 Å². The van der Waals surface area contributed by atoms with Gasteiger partial charge in [0.15, 0.2) is 5.60 Å². The predicted octanol–water partition coefficient (Wildman–Crippen LogP) is 6.48. The predicted molar refractivity (Wildman–Crippen MR) is 130 cm³/mol. The van der Waals surface area contributed by atoms with Crippen molar-refractivity contribution in [2.75, 3.05) is 26.2 Å². The molecular weight excluding hydrogens is 434 g/mol. The van der Waals surface area contributed by atoms with Crippen molar-refractivity contribution in [3.05, 3.63) is 83.6 Å². The van der Waals surface area contributed by atoms with E-state index in [9.17, 15) is 13.6 Å². The van der Waals surface area contributed by atoms with Gasteiger partial charge < -0.3 is 9.64 Å². The van der Waals surface area contributed by atoms with Gasteiger partial charge in [-0.2, -0.15) is 0 Å². The van der Waals surface area contributed by atoms with Gasteiger partial charge in [0, 0.05) is 38.4 Å². The van der Waals surface area contributed by atoms with E-state index in [0.717, 1.165) is 75.0 Å². The molecule has 0 atom stereocenters. The first-order valence-corrected chi connectivity index (χ1v) is 12.3. The third-order valence-electron chi connectivity index (χ3n) is 7.27. The summed E-state index contributed by atoms with van der Waals surface area (Å²) in [4.78, 5) is 16.5. The van der Waals surface area contributed by atoms with E-state index in [1.165, 1.54) is 24.3 Å². The van der Waals surface area contributed by atoms with Crippen molar-refractivity contribution >= 4 is 6.09 Å². The summed E-state index contributed by atoms with van der Waals surface area (Å²) in [5.41, 5.74) is 2.34. The first-order chi connectivity index (χ1) is 16.4.